The second-order valence-electron chi connectivity index (χ2n) is 5.43. The summed E-state index contributed by atoms with van der Waals surface area (Å²) in [4.78, 5) is 21.5. The lowest BCUT2D eigenvalue weighted by Gasteiger charge is -2.13. The molecule has 1 aromatic rings. The fourth-order valence-electron chi connectivity index (χ4n) is 1.58. The molecule has 134 valence electrons. The van der Waals surface area contributed by atoms with E-state index in [1.54, 1.807) is 26.4 Å². The van der Waals surface area contributed by atoms with Gasteiger partial charge in [-0.1, -0.05) is 29.8 Å². The second kappa shape index (κ2) is 12.1. The Morgan fingerprint density at radius 1 is 1.38 bits per heavy atom. The number of aliphatic imine (C=N–C) groups is 1. The van der Waals surface area contributed by atoms with Crippen LogP contribution in [-0.2, 0) is 11.2 Å². The first-order valence-corrected chi connectivity index (χ1v) is 7.73. The number of pyridine rings is 1. The summed E-state index contributed by atoms with van der Waals surface area (Å²) in [6.07, 6.45) is 2.53. The number of nitrogens with zero attached hydrogens (tertiary/aromatic N) is 3. The zero-order valence-electron chi connectivity index (χ0n) is 14.3. The lowest BCUT2D eigenvalue weighted by molar-refractivity contribution is -0.127. The molecular weight excluding hydrogens is 441 g/mol. The van der Waals surface area contributed by atoms with E-state index in [0.717, 1.165) is 17.6 Å². The van der Waals surface area contributed by atoms with Gasteiger partial charge in [0, 0.05) is 33.4 Å². The second-order valence-corrected chi connectivity index (χ2v) is 5.82. The van der Waals surface area contributed by atoms with Gasteiger partial charge in [0.2, 0.25) is 5.91 Å². The van der Waals surface area contributed by atoms with E-state index in [1.807, 2.05) is 13.0 Å². The Morgan fingerprint density at radius 2 is 2.08 bits per heavy atom. The molecule has 0 saturated carbocycles. The normalized spacial score (nSPS) is 10.6. The van der Waals surface area contributed by atoms with E-state index in [9.17, 15) is 4.79 Å². The molecule has 24 heavy (non-hydrogen) atoms. The molecule has 0 spiro atoms. The minimum absolute atomic E-state index is 0. The largest absolute Gasteiger partial charge is 0.356 e. The molecule has 2 N–H and O–H groups in total. The zero-order valence-corrected chi connectivity index (χ0v) is 17.4. The Hall–Kier alpha value is -1.35. The van der Waals surface area contributed by atoms with Crippen LogP contribution in [0.3, 0.4) is 0 Å². The summed E-state index contributed by atoms with van der Waals surface area (Å²) in [7, 11) is 3.42. The van der Waals surface area contributed by atoms with Gasteiger partial charge in [-0.2, -0.15) is 0 Å². The van der Waals surface area contributed by atoms with Crippen molar-refractivity contribution in [1.82, 2.24) is 20.5 Å². The first kappa shape index (κ1) is 22.6. The fraction of sp³-hybridized carbons (Fsp3) is 0.438. The molecule has 0 bridgehead atoms. The van der Waals surface area contributed by atoms with Crippen LogP contribution in [0.25, 0.3) is 0 Å². The van der Waals surface area contributed by atoms with Crippen LogP contribution >= 0.6 is 35.6 Å². The van der Waals surface area contributed by atoms with E-state index in [1.165, 1.54) is 4.90 Å². The smallest absolute Gasteiger partial charge is 0.243 e. The van der Waals surface area contributed by atoms with Crippen molar-refractivity contribution in [1.29, 1.82) is 0 Å². The van der Waals surface area contributed by atoms with E-state index in [2.05, 4.69) is 27.2 Å². The van der Waals surface area contributed by atoms with Crippen LogP contribution in [0.1, 0.15) is 12.5 Å². The molecule has 6 nitrogen and oxygen atoms in total. The van der Waals surface area contributed by atoms with Crippen molar-refractivity contribution >= 4 is 47.4 Å². The van der Waals surface area contributed by atoms with Gasteiger partial charge in [0.25, 0.3) is 0 Å². The van der Waals surface area contributed by atoms with Crippen molar-refractivity contribution in [3.8, 4) is 0 Å². The van der Waals surface area contributed by atoms with Crippen molar-refractivity contribution in [2.45, 2.75) is 13.3 Å². The Balaban J connectivity index is 0.00000529. The SMILES string of the molecule is C=C(C)CNC(=NCC(=O)N(C)C)NCCc1ccc(Cl)nc1.I. The van der Waals surface area contributed by atoms with Crippen LogP contribution in [0.4, 0.5) is 0 Å². The molecule has 1 amide bonds. The number of guanidine groups is 1. The molecule has 0 aliphatic rings. The maximum Gasteiger partial charge on any atom is 0.243 e. The average molecular weight is 466 g/mol. The number of halogens is 2. The summed E-state index contributed by atoms with van der Waals surface area (Å²) in [6.45, 7) is 7.14. The number of carbonyl (C=O) groups is 1. The molecule has 0 aromatic carbocycles. The highest BCUT2D eigenvalue weighted by Crippen LogP contribution is 2.05. The molecule has 0 aliphatic carbocycles. The minimum Gasteiger partial charge on any atom is -0.356 e. The number of rotatable bonds is 7. The molecule has 1 rings (SSSR count). The standard InChI is InChI=1S/C16H24ClN5O.HI/c1-12(2)9-20-16(21-11-15(23)22(3)4)18-8-7-13-5-6-14(17)19-10-13;/h5-6,10H,1,7-9,11H2,2-4H3,(H2,18,20,21);1H. The van der Waals surface area contributed by atoms with Crippen LogP contribution in [-0.4, -0.2) is 55.5 Å². The van der Waals surface area contributed by atoms with E-state index in [-0.39, 0.29) is 36.4 Å². The molecule has 0 atom stereocenters. The number of hydrogen-bond acceptors (Lipinski definition) is 3. The van der Waals surface area contributed by atoms with Gasteiger partial charge in [-0.05, 0) is 25.0 Å². The summed E-state index contributed by atoms with van der Waals surface area (Å²) in [5.41, 5.74) is 2.06. The van der Waals surface area contributed by atoms with Gasteiger partial charge >= 0.3 is 0 Å². The molecule has 1 heterocycles. The molecule has 0 unspecified atom stereocenters. The highest BCUT2D eigenvalue weighted by Gasteiger charge is 2.04. The van der Waals surface area contributed by atoms with Gasteiger partial charge in [-0.15, -0.1) is 24.0 Å². The first-order valence-electron chi connectivity index (χ1n) is 7.35. The van der Waals surface area contributed by atoms with Crippen LogP contribution < -0.4 is 10.6 Å². The fourth-order valence-corrected chi connectivity index (χ4v) is 1.69. The van der Waals surface area contributed by atoms with Gasteiger partial charge in [0.1, 0.15) is 11.7 Å². The summed E-state index contributed by atoms with van der Waals surface area (Å²) >= 11 is 5.76. The maximum atomic E-state index is 11.6. The van der Waals surface area contributed by atoms with E-state index in [0.29, 0.717) is 24.2 Å². The molecule has 0 aliphatic heterocycles. The molecular formula is C16H25ClIN5O. The number of nitrogens with one attached hydrogen (secondary N) is 2. The highest BCUT2D eigenvalue weighted by molar-refractivity contribution is 14.0. The summed E-state index contributed by atoms with van der Waals surface area (Å²) < 4.78 is 0. The molecule has 8 heteroatoms. The third kappa shape index (κ3) is 9.71. The van der Waals surface area contributed by atoms with Crippen molar-refractivity contribution < 1.29 is 4.79 Å². The first-order chi connectivity index (χ1) is 10.9. The number of hydrogen-bond donors (Lipinski definition) is 2. The number of likely N-dealkylation sites (N-methyl/N-ethyl adjacent to an activating group) is 1. The Bertz CT molecular complexity index is 560. The minimum atomic E-state index is -0.0525. The van der Waals surface area contributed by atoms with Crippen LogP contribution in [0.2, 0.25) is 5.15 Å². The topological polar surface area (TPSA) is 69.6 Å². The van der Waals surface area contributed by atoms with Crippen molar-refractivity contribution in [2.75, 3.05) is 33.7 Å². The number of carbonyl (C=O) groups excluding carboxylic acids is 1. The van der Waals surface area contributed by atoms with Crippen LogP contribution in [0.5, 0.6) is 0 Å². The van der Waals surface area contributed by atoms with Gasteiger partial charge in [0.05, 0.1) is 0 Å². The molecule has 0 radical (unpaired) electrons. The maximum absolute atomic E-state index is 11.6. The highest BCUT2D eigenvalue weighted by atomic mass is 127. The molecule has 0 fully saturated rings. The number of aromatic nitrogens is 1. The summed E-state index contributed by atoms with van der Waals surface area (Å²) in [6, 6.07) is 3.70. The monoisotopic (exact) mass is 465 g/mol. The molecule has 0 saturated heterocycles. The van der Waals surface area contributed by atoms with Gasteiger partial charge < -0.3 is 15.5 Å². The third-order valence-electron chi connectivity index (χ3n) is 2.92. The third-order valence-corrected chi connectivity index (χ3v) is 3.15. The Labute approximate surface area is 165 Å². The summed E-state index contributed by atoms with van der Waals surface area (Å²) in [5.74, 6) is 0.536. The lowest BCUT2D eigenvalue weighted by Crippen LogP contribution is -2.40. The predicted octanol–water partition coefficient (Wildman–Crippen LogP) is 2.10. The van der Waals surface area contributed by atoms with Crippen LogP contribution in [0.15, 0.2) is 35.5 Å². The Kier molecular flexibility index (Phi) is 11.4. The van der Waals surface area contributed by atoms with Gasteiger partial charge in [-0.3, -0.25) is 4.79 Å². The quantitative estimate of drug-likeness (QED) is 0.213. The molecule has 1 aromatic heterocycles. The van der Waals surface area contributed by atoms with Gasteiger partial charge in [0.15, 0.2) is 5.96 Å². The predicted molar refractivity (Wildman–Crippen MR) is 110 cm³/mol. The van der Waals surface area contributed by atoms with E-state index < -0.39 is 0 Å². The summed E-state index contributed by atoms with van der Waals surface area (Å²) in [5, 5.41) is 6.82. The van der Waals surface area contributed by atoms with Gasteiger partial charge in [-0.25, -0.2) is 9.98 Å². The average Bonchev–Trinajstić information content (AvgIpc) is 2.50. The Morgan fingerprint density at radius 3 is 2.62 bits per heavy atom. The van der Waals surface area contributed by atoms with Crippen molar-refractivity contribution in [3.63, 3.8) is 0 Å². The zero-order chi connectivity index (χ0) is 17.2. The van der Waals surface area contributed by atoms with Crippen molar-refractivity contribution in [2.24, 2.45) is 4.99 Å². The van der Waals surface area contributed by atoms with E-state index in [4.69, 9.17) is 11.6 Å². The van der Waals surface area contributed by atoms with Crippen LogP contribution in [0, 0.1) is 0 Å². The lowest BCUT2D eigenvalue weighted by atomic mass is 10.2. The number of amides is 1. The van der Waals surface area contributed by atoms with Crippen molar-refractivity contribution in [3.05, 3.63) is 41.2 Å². The van der Waals surface area contributed by atoms with E-state index >= 15 is 0 Å².